The van der Waals surface area contributed by atoms with Crippen LogP contribution in [0, 0.1) is 5.82 Å². The minimum atomic E-state index is -1.19. The molecule has 0 aliphatic carbocycles. The van der Waals surface area contributed by atoms with Crippen LogP contribution in [-0.4, -0.2) is 23.0 Å². The average Bonchev–Trinajstić information content (AvgIpc) is 2.49. The van der Waals surface area contributed by atoms with Crippen molar-refractivity contribution in [3.8, 4) is 0 Å². The van der Waals surface area contributed by atoms with E-state index in [0.717, 1.165) is 6.07 Å². The van der Waals surface area contributed by atoms with E-state index in [0.29, 0.717) is 10.6 Å². The molecule has 2 rings (SSSR count). The van der Waals surface area contributed by atoms with Crippen LogP contribution in [0.5, 0.6) is 0 Å². The Labute approximate surface area is 131 Å². The predicted molar refractivity (Wildman–Crippen MR) is 80.4 cm³/mol. The summed E-state index contributed by atoms with van der Waals surface area (Å²) in [6, 6.07) is 10.9. The maximum absolute atomic E-state index is 13.5. The Hall–Kier alpha value is -2.40. The van der Waals surface area contributed by atoms with E-state index in [1.54, 1.807) is 24.3 Å². The summed E-state index contributed by atoms with van der Waals surface area (Å²) in [6.07, 6.45) is 0.0761. The first-order chi connectivity index (χ1) is 10.5. The van der Waals surface area contributed by atoms with Crippen molar-refractivity contribution in [1.29, 1.82) is 0 Å². The van der Waals surface area contributed by atoms with Gasteiger partial charge in [0.1, 0.15) is 11.9 Å². The van der Waals surface area contributed by atoms with Gasteiger partial charge in [0.2, 0.25) is 0 Å². The molecule has 114 valence electrons. The number of nitrogens with one attached hydrogen (secondary N) is 1. The summed E-state index contributed by atoms with van der Waals surface area (Å²) in [6.45, 7) is 0. The molecule has 2 N–H and O–H groups in total. The van der Waals surface area contributed by atoms with E-state index in [1.807, 2.05) is 0 Å². The van der Waals surface area contributed by atoms with Crippen molar-refractivity contribution in [2.75, 3.05) is 0 Å². The van der Waals surface area contributed by atoms with Crippen molar-refractivity contribution in [2.24, 2.45) is 0 Å². The Kier molecular flexibility index (Phi) is 5.12. The summed E-state index contributed by atoms with van der Waals surface area (Å²) in [4.78, 5) is 23.3. The van der Waals surface area contributed by atoms with Crippen LogP contribution < -0.4 is 5.32 Å². The highest BCUT2D eigenvalue weighted by Gasteiger charge is 2.22. The molecular weight excluding hydrogens is 309 g/mol. The zero-order chi connectivity index (χ0) is 16.1. The van der Waals surface area contributed by atoms with Crippen molar-refractivity contribution < 1.29 is 19.1 Å². The van der Waals surface area contributed by atoms with Crippen LogP contribution in [0.4, 0.5) is 4.39 Å². The van der Waals surface area contributed by atoms with Crippen molar-refractivity contribution in [3.05, 3.63) is 70.5 Å². The number of carboxylic acid groups (broad SMARTS) is 1. The molecule has 0 aliphatic heterocycles. The molecule has 0 spiro atoms. The number of carboxylic acids is 1. The summed E-state index contributed by atoms with van der Waals surface area (Å²) in [5.41, 5.74) is 0.510. The summed E-state index contributed by atoms with van der Waals surface area (Å²) in [5, 5.41) is 12.1. The number of rotatable bonds is 5. The molecule has 0 saturated heterocycles. The Morgan fingerprint density at radius 3 is 2.36 bits per heavy atom. The van der Waals surface area contributed by atoms with E-state index in [2.05, 4.69) is 5.32 Å². The second-order valence-electron chi connectivity index (χ2n) is 4.67. The lowest BCUT2D eigenvalue weighted by atomic mass is 10.1. The zero-order valence-electron chi connectivity index (χ0n) is 11.4. The highest BCUT2D eigenvalue weighted by molar-refractivity contribution is 6.30. The lowest BCUT2D eigenvalue weighted by Crippen LogP contribution is -2.42. The van der Waals surface area contributed by atoms with Crippen LogP contribution in [0.3, 0.4) is 0 Å². The summed E-state index contributed by atoms with van der Waals surface area (Å²) < 4.78 is 13.5. The van der Waals surface area contributed by atoms with Gasteiger partial charge in [-0.25, -0.2) is 9.18 Å². The number of carbonyl (C=O) groups is 2. The fraction of sp³-hybridized carbons (Fsp3) is 0.125. The number of hydrogen-bond donors (Lipinski definition) is 2. The number of hydrogen-bond acceptors (Lipinski definition) is 2. The molecule has 2 aromatic carbocycles. The first kappa shape index (κ1) is 16.0. The van der Waals surface area contributed by atoms with Gasteiger partial charge in [-0.2, -0.15) is 0 Å². The van der Waals surface area contributed by atoms with Crippen molar-refractivity contribution in [3.63, 3.8) is 0 Å². The molecule has 4 nitrogen and oxygen atoms in total. The Morgan fingerprint density at radius 1 is 1.14 bits per heavy atom. The summed E-state index contributed by atoms with van der Waals surface area (Å²) in [5.74, 6) is -2.66. The molecule has 0 fully saturated rings. The van der Waals surface area contributed by atoms with Gasteiger partial charge in [0, 0.05) is 11.4 Å². The van der Waals surface area contributed by atoms with E-state index < -0.39 is 23.7 Å². The van der Waals surface area contributed by atoms with E-state index in [9.17, 15) is 19.1 Å². The molecule has 0 aromatic heterocycles. The minimum Gasteiger partial charge on any atom is -0.480 e. The van der Waals surface area contributed by atoms with Crippen LogP contribution in [0.2, 0.25) is 5.02 Å². The molecule has 0 bridgehead atoms. The molecule has 0 aliphatic rings. The smallest absolute Gasteiger partial charge is 0.326 e. The zero-order valence-corrected chi connectivity index (χ0v) is 12.2. The minimum absolute atomic E-state index is 0.0761. The average molecular weight is 322 g/mol. The number of aliphatic carboxylic acids is 1. The Morgan fingerprint density at radius 2 is 1.77 bits per heavy atom. The third-order valence-electron chi connectivity index (χ3n) is 3.07. The standard InChI is InChI=1S/C16H13ClFNO3/c17-11-7-5-10(6-8-11)9-14(16(21)22)19-15(20)12-3-1-2-4-13(12)18/h1-8,14H,9H2,(H,19,20)(H,21,22)/t14-/m0/s1. The molecule has 0 saturated carbocycles. The van der Waals surface area contributed by atoms with Gasteiger partial charge in [0.05, 0.1) is 5.56 Å². The third-order valence-corrected chi connectivity index (χ3v) is 3.33. The maximum atomic E-state index is 13.5. The number of carbonyl (C=O) groups excluding carboxylic acids is 1. The number of halogens is 2. The topological polar surface area (TPSA) is 66.4 Å². The van der Waals surface area contributed by atoms with Crippen LogP contribution in [0.15, 0.2) is 48.5 Å². The SMILES string of the molecule is O=C(N[C@@H](Cc1ccc(Cl)cc1)C(=O)O)c1ccccc1F. The largest absolute Gasteiger partial charge is 0.480 e. The van der Waals surface area contributed by atoms with Crippen molar-refractivity contribution in [1.82, 2.24) is 5.32 Å². The second-order valence-corrected chi connectivity index (χ2v) is 5.11. The van der Waals surface area contributed by atoms with Gasteiger partial charge in [-0.15, -0.1) is 0 Å². The number of benzene rings is 2. The van der Waals surface area contributed by atoms with Crippen molar-refractivity contribution in [2.45, 2.75) is 12.5 Å². The fourth-order valence-electron chi connectivity index (χ4n) is 1.94. The predicted octanol–water partition coefficient (Wildman–Crippen LogP) is 2.90. The first-order valence-corrected chi connectivity index (χ1v) is 6.88. The number of amides is 1. The van der Waals surface area contributed by atoms with Crippen LogP contribution in [0.1, 0.15) is 15.9 Å². The van der Waals surface area contributed by atoms with E-state index >= 15 is 0 Å². The van der Waals surface area contributed by atoms with Gasteiger partial charge in [-0.1, -0.05) is 35.9 Å². The van der Waals surface area contributed by atoms with Crippen LogP contribution in [0.25, 0.3) is 0 Å². The fourth-order valence-corrected chi connectivity index (χ4v) is 2.06. The lowest BCUT2D eigenvalue weighted by molar-refractivity contribution is -0.139. The molecule has 1 atom stereocenters. The Balaban J connectivity index is 2.12. The highest BCUT2D eigenvalue weighted by Crippen LogP contribution is 2.12. The summed E-state index contributed by atoms with van der Waals surface area (Å²) in [7, 11) is 0. The quantitative estimate of drug-likeness (QED) is 0.890. The van der Waals surface area contributed by atoms with Gasteiger partial charge < -0.3 is 10.4 Å². The van der Waals surface area contributed by atoms with Gasteiger partial charge in [-0.05, 0) is 29.8 Å². The van der Waals surface area contributed by atoms with E-state index in [1.165, 1.54) is 18.2 Å². The van der Waals surface area contributed by atoms with E-state index in [-0.39, 0.29) is 12.0 Å². The van der Waals surface area contributed by atoms with Gasteiger partial charge in [-0.3, -0.25) is 4.79 Å². The Bertz CT molecular complexity index is 688. The van der Waals surface area contributed by atoms with Crippen LogP contribution >= 0.6 is 11.6 Å². The molecular formula is C16H13ClFNO3. The molecule has 6 heteroatoms. The van der Waals surface area contributed by atoms with Gasteiger partial charge >= 0.3 is 5.97 Å². The monoisotopic (exact) mass is 321 g/mol. The van der Waals surface area contributed by atoms with Crippen LogP contribution in [-0.2, 0) is 11.2 Å². The van der Waals surface area contributed by atoms with E-state index in [4.69, 9.17) is 11.6 Å². The molecule has 2 aromatic rings. The third kappa shape index (κ3) is 4.05. The summed E-state index contributed by atoms with van der Waals surface area (Å²) >= 11 is 5.76. The van der Waals surface area contributed by atoms with Crippen molar-refractivity contribution >= 4 is 23.5 Å². The molecule has 1 amide bonds. The maximum Gasteiger partial charge on any atom is 0.326 e. The lowest BCUT2D eigenvalue weighted by Gasteiger charge is -2.15. The molecule has 0 unspecified atom stereocenters. The molecule has 0 radical (unpaired) electrons. The van der Waals surface area contributed by atoms with Gasteiger partial charge in [0.15, 0.2) is 0 Å². The normalized spacial score (nSPS) is 11.7. The molecule has 0 heterocycles. The highest BCUT2D eigenvalue weighted by atomic mass is 35.5. The molecule has 22 heavy (non-hydrogen) atoms. The first-order valence-electron chi connectivity index (χ1n) is 6.50. The van der Waals surface area contributed by atoms with Gasteiger partial charge in [0.25, 0.3) is 5.91 Å². The second kappa shape index (κ2) is 7.04.